The van der Waals surface area contributed by atoms with Gasteiger partial charge in [0.05, 0.1) is 11.3 Å². The highest BCUT2D eigenvalue weighted by molar-refractivity contribution is 7.98. The van der Waals surface area contributed by atoms with Crippen LogP contribution in [0.5, 0.6) is 5.75 Å². The van der Waals surface area contributed by atoms with Gasteiger partial charge < -0.3 is 9.26 Å². The minimum absolute atomic E-state index is 0.249. The Morgan fingerprint density at radius 2 is 1.62 bits per heavy atom. The molecule has 3 aromatic carbocycles. The van der Waals surface area contributed by atoms with Crippen molar-refractivity contribution in [2.45, 2.75) is 17.6 Å². The van der Waals surface area contributed by atoms with Crippen LogP contribution in [0.1, 0.15) is 38.0 Å². The van der Waals surface area contributed by atoms with Gasteiger partial charge >= 0.3 is 5.97 Å². The highest BCUT2D eigenvalue weighted by atomic mass is 32.2. The number of thioether (sulfide) groups is 1. The molecule has 1 aromatic heterocycles. The zero-order valence-corrected chi connectivity index (χ0v) is 17.8. The average Bonchev–Trinajstić information content (AvgIpc) is 3.23. The number of carbonyl (C=O) groups excluding carboxylic acids is 2. The van der Waals surface area contributed by atoms with Gasteiger partial charge in [0.2, 0.25) is 5.89 Å². The molecule has 0 fully saturated rings. The predicted molar refractivity (Wildman–Crippen MR) is 116 cm³/mol. The minimum atomic E-state index is -0.521. The number of esters is 1. The number of ether oxygens (including phenoxy) is 1. The van der Waals surface area contributed by atoms with Crippen LogP contribution in [0.3, 0.4) is 0 Å². The lowest BCUT2D eigenvalue weighted by atomic mass is 10.0. The van der Waals surface area contributed by atoms with E-state index in [4.69, 9.17) is 9.26 Å². The molecule has 0 atom stereocenters. The van der Waals surface area contributed by atoms with E-state index in [-0.39, 0.29) is 5.78 Å². The topological polar surface area (TPSA) is 82.3 Å². The molecular formula is C24H17FN2O4S. The first-order valence-electron chi connectivity index (χ1n) is 9.63. The first kappa shape index (κ1) is 21.5. The van der Waals surface area contributed by atoms with Crippen LogP contribution in [0.4, 0.5) is 4.39 Å². The summed E-state index contributed by atoms with van der Waals surface area (Å²) in [6.45, 7) is 1.74. The van der Waals surface area contributed by atoms with Crippen molar-refractivity contribution in [2.24, 2.45) is 0 Å². The number of nitrogens with zero attached hydrogens (tertiary/aromatic N) is 2. The lowest BCUT2D eigenvalue weighted by Gasteiger charge is -2.09. The van der Waals surface area contributed by atoms with E-state index in [0.717, 1.165) is 4.90 Å². The molecule has 8 heteroatoms. The molecule has 0 aliphatic carbocycles. The van der Waals surface area contributed by atoms with Gasteiger partial charge in [0.15, 0.2) is 11.6 Å². The lowest BCUT2D eigenvalue weighted by molar-refractivity contribution is 0.0731. The second-order valence-electron chi connectivity index (χ2n) is 6.77. The highest BCUT2D eigenvalue weighted by Crippen LogP contribution is 2.27. The van der Waals surface area contributed by atoms with Crippen molar-refractivity contribution in [3.63, 3.8) is 0 Å². The molecule has 0 amide bonds. The number of hydrogen-bond acceptors (Lipinski definition) is 7. The van der Waals surface area contributed by atoms with Crippen molar-refractivity contribution < 1.29 is 23.2 Å². The van der Waals surface area contributed by atoms with E-state index < -0.39 is 11.8 Å². The van der Waals surface area contributed by atoms with Crippen molar-refractivity contribution in [1.82, 2.24) is 10.1 Å². The van der Waals surface area contributed by atoms with Crippen molar-refractivity contribution in [2.75, 3.05) is 0 Å². The van der Waals surface area contributed by atoms with Crippen molar-refractivity contribution in [3.8, 4) is 5.75 Å². The first-order valence-corrected chi connectivity index (χ1v) is 10.6. The molecule has 32 heavy (non-hydrogen) atoms. The Balaban J connectivity index is 1.44. The van der Waals surface area contributed by atoms with Crippen LogP contribution in [-0.4, -0.2) is 21.9 Å². The number of rotatable bonds is 7. The van der Waals surface area contributed by atoms with E-state index in [1.54, 1.807) is 43.3 Å². The number of carbonyl (C=O) groups is 2. The molecule has 0 N–H and O–H groups in total. The Morgan fingerprint density at radius 1 is 0.969 bits per heavy atom. The van der Waals surface area contributed by atoms with Crippen LogP contribution in [0.15, 0.2) is 82.2 Å². The van der Waals surface area contributed by atoms with Gasteiger partial charge in [0, 0.05) is 16.0 Å². The highest BCUT2D eigenvalue weighted by Gasteiger charge is 2.16. The summed E-state index contributed by atoms with van der Waals surface area (Å²) >= 11 is 1.39. The third kappa shape index (κ3) is 5.09. The van der Waals surface area contributed by atoms with Gasteiger partial charge in [-0.3, -0.25) is 4.79 Å². The molecule has 0 unspecified atom stereocenters. The standard InChI is InChI=1S/C24H17FN2O4S/c1-15-26-22(31-27-15)14-32-21-5-3-2-4-20(21)24(29)30-19-12-8-17(9-13-19)23(28)16-6-10-18(25)11-7-16/h2-13H,14H2,1H3. The van der Waals surface area contributed by atoms with Crippen LogP contribution in [0.25, 0.3) is 0 Å². The van der Waals surface area contributed by atoms with Gasteiger partial charge in [-0.1, -0.05) is 17.3 Å². The van der Waals surface area contributed by atoms with E-state index in [2.05, 4.69) is 10.1 Å². The Kier molecular flexibility index (Phi) is 6.42. The molecule has 4 aromatic rings. The van der Waals surface area contributed by atoms with Gasteiger partial charge in [-0.25, -0.2) is 9.18 Å². The van der Waals surface area contributed by atoms with Gasteiger partial charge in [0.1, 0.15) is 11.6 Å². The van der Waals surface area contributed by atoms with E-state index in [1.807, 2.05) is 12.1 Å². The molecule has 6 nitrogen and oxygen atoms in total. The fourth-order valence-electron chi connectivity index (χ4n) is 2.90. The second kappa shape index (κ2) is 9.57. The largest absolute Gasteiger partial charge is 0.423 e. The van der Waals surface area contributed by atoms with Crippen molar-refractivity contribution >= 4 is 23.5 Å². The summed E-state index contributed by atoms with van der Waals surface area (Å²) < 4.78 is 23.7. The molecular weight excluding hydrogens is 431 g/mol. The Hall–Kier alpha value is -3.78. The van der Waals surface area contributed by atoms with Crippen LogP contribution in [0.2, 0.25) is 0 Å². The molecule has 0 radical (unpaired) electrons. The predicted octanol–water partition coefficient (Wildman–Crippen LogP) is 5.26. The minimum Gasteiger partial charge on any atom is -0.423 e. The van der Waals surface area contributed by atoms with Crippen LogP contribution in [0, 0.1) is 12.7 Å². The zero-order chi connectivity index (χ0) is 22.5. The summed E-state index contributed by atoms with van der Waals surface area (Å²) in [7, 11) is 0. The van der Waals surface area contributed by atoms with Crippen molar-refractivity contribution in [1.29, 1.82) is 0 Å². The Bertz CT molecular complexity index is 1250. The molecule has 0 aliphatic heterocycles. The van der Waals surface area contributed by atoms with Gasteiger partial charge in [-0.05, 0) is 67.6 Å². The third-order valence-electron chi connectivity index (χ3n) is 4.46. The number of hydrogen-bond donors (Lipinski definition) is 0. The molecule has 0 saturated heterocycles. The summed E-state index contributed by atoms with van der Waals surface area (Å²) in [4.78, 5) is 30.1. The summed E-state index contributed by atoms with van der Waals surface area (Å²) in [5.74, 6) is 0.568. The third-order valence-corrected chi connectivity index (χ3v) is 5.52. The molecule has 0 spiro atoms. The van der Waals surface area contributed by atoms with E-state index in [9.17, 15) is 14.0 Å². The Morgan fingerprint density at radius 3 is 2.28 bits per heavy atom. The number of benzene rings is 3. The SMILES string of the molecule is Cc1noc(CSc2ccccc2C(=O)Oc2ccc(C(=O)c3ccc(F)cc3)cc2)n1. The number of aromatic nitrogens is 2. The molecule has 160 valence electrons. The maximum atomic E-state index is 13.1. The molecule has 0 bridgehead atoms. The van der Waals surface area contributed by atoms with Crippen LogP contribution < -0.4 is 4.74 Å². The Labute approximate surface area is 187 Å². The maximum absolute atomic E-state index is 13.1. The average molecular weight is 448 g/mol. The van der Waals surface area contributed by atoms with E-state index >= 15 is 0 Å². The molecule has 1 heterocycles. The maximum Gasteiger partial charge on any atom is 0.344 e. The number of halogens is 1. The van der Waals surface area contributed by atoms with Crippen molar-refractivity contribution in [3.05, 3.63) is 107 Å². The second-order valence-corrected chi connectivity index (χ2v) is 7.79. The lowest BCUT2D eigenvalue weighted by Crippen LogP contribution is -2.10. The fraction of sp³-hybridized carbons (Fsp3) is 0.0833. The summed E-state index contributed by atoms with van der Waals surface area (Å²) in [5.41, 5.74) is 1.18. The number of ketones is 1. The van der Waals surface area contributed by atoms with Crippen LogP contribution in [-0.2, 0) is 5.75 Å². The molecule has 0 aliphatic rings. The van der Waals surface area contributed by atoms with Gasteiger partial charge in [0.25, 0.3) is 0 Å². The molecule has 4 rings (SSSR count). The monoisotopic (exact) mass is 448 g/mol. The summed E-state index contributed by atoms with van der Waals surface area (Å²) in [6.07, 6.45) is 0. The van der Waals surface area contributed by atoms with E-state index in [0.29, 0.717) is 39.9 Å². The van der Waals surface area contributed by atoms with Crippen LogP contribution >= 0.6 is 11.8 Å². The van der Waals surface area contributed by atoms with Gasteiger partial charge in [-0.15, -0.1) is 11.8 Å². The van der Waals surface area contributed by atoms with E-state index in [1.165, 1.54) is 36.0 Å². The number of aryl methyl sites for hydroxylation is 1. The molecule has 0 saturated carbocycles. The summed E-state index contributed by atoms with van der Waals surface area (Å²) in [6, 6.07) is 18.6. The quantitative estimate of drug-likeness (QED) is 0.165. The zero-order valence-electron chi connectivity index (χ0n) is 16.9. The normalized spacial score (nSPS) is 10.7. The summed E-state index contributed by atoms with van der Waals surface area (Å²) in [5, 5.41) is 3.75. The van der Waals surface area contributed by atoms with Gasteiger partial charge in [-0.2, -0.15) is 4.98 Å². The smallest absolute Gasteiger partial charge is 0.344 e. The first-order chi connectivity index (χ1) is 15.5. The fourth-order valence-corrected chi connectivity index (χ4v) is 3.78.